The number of H-pyrrole nitrogens is 1. The number of nitrogens with one attached hydrogen (secondary N) is 2. The molecule has 9 nitrogen and oxygen atoms in total. The largest absolute Gasteiger partial charge is 0.438 e. The Morgan fingerprint density at radius 2 is 1.84 bits per heavy atom. The molecular weight excluding hydrogens is 502 g/mol. The Bertz CT molecular complexity index is 1740. The third-order valence-electron chi connectivity index (χ3n) is 6.72. The molecule has 2 aromatic carbocycles. The highest BCUT2D eigenvalue weighted by atomic mass is 32.2. The van der Waals surface area contributed by atoms with E-state index in [1.807, 2.05) is 31.5 Å². The Hall–Kier alpha value is -4.02. The van der Waals surface area contributed by atoms with Gasteiger partial charge < -0.3 is 9.47 Å². The summed E-state index contributed by atoms with van der Waals surface area (Å²) in [6.45, 7) is 3.36. The monoisotopic (exact) mass is 529 g/mol. The fourth-order valence-corrected chi connectivity index (χ4v) is 5.57. The molecule has 0 radical (unpaired) electrons. The maximum Gasteiger partial charge on any atom is 0.229 e. The van der Waals surface area contributed by atoms with Crippen LogP contribution in [0.2, 0.25) is 0 Å². The van der Waals surface area contributed by atoms with Crippen molar-refractivity contribution in [1.29, 1.82) is 0 Å². The van der Waals surface area contributed by atoms with Crippen LogP contribution in [0.3, 0.4) is 0 Å². The summed E-state index contributed by atoms with van der Waals surface area (Å²) < 4.78 is 37.7. The Morgan fingerprint density at radius 1 is 1.05 bits per heavy atom. The van der Waals surface area contributed by atoms with E-state index < -0.39 is 10.0 Å². The molecule has 0 saturated carbocycles. The second kappa shape index (κ2) is 9.70. The molecule has 4 heterocycles. The zero-order valence-electron chi connectivity index (χ0n) is 21.1. The molecule has 194 valence electrons. The van der Waals surface area contributed by atoms with E-state index in [9.17, 15) is 8.42 Å². The molecule has 1 aliphatic heterocycles. The highest BCUT2D eigenvalue weighted by Gasteiger charge is 2.26. The van der Waals surface area contributed by atoms with Crippen molar-refractivity contribution in [2.24, 2.45) is 0 Å². The van der Waals surface area contributed by atoms with E-state index in [1.165, 1.54) is 0 Å². The van der Waals surface area contributed by atoms with Crippen LogP contribution in [0.4, 0.5) is 5.69 Å². The van der Waals surface area contributed by atoms with Crippen LogP contribution in [0.5, 0.6) is 11.6 Å². The van der Waals surface area contributed by atoms with Gasteiger partial charge in [0.1, 0.15) is 5.75 Å². The topological polar surface area (TPSA) is 119 Å². The number of nitrogens with zero attached hydrogens (tertiary/aromatic N) is 3. The number of aromatic nitrogens is 4. The first-order valence-electron chi connectivity index (χ1n) is 12.4. The smallest absolute Gasteiger partial charge is 0.229 e. The van der Waals surface area contributed by atoms with Crippen LogP contribution in [-0.4, -0.2) is 48.1 Å². The van der Waals surface area contributed by atoms with Crippen LogP contribution in [0, 0.1) is 6.92 Å². The summed E-state index contributed by atoms with van der Waals surface area (Å²) in [5, 5.41) is 10.2. The third kappa shape index (κ3) is 4.92. The molecule has 0 unspecified atom stereocenters. The number of hydrogen-bond donors (Lipinski definition) is 2. The van der Waals surface area contributed by atoms with Crippen LogP contribution in [-0.2, 0) is 14.8 Å². The molecule has 1 fully saturated rings. The molecule has 3 aromatic heterocycles. The van der Waals surface area contributed by atoms with Gasteiger partial charge in [-0.2, -0.15) is 5.10 Å². The van der Waals surface area contributed by atoms with Crippen molar-refractivity contribution in [3.63, 3.8) is 0 Å². The number of hydrogen-bond acceptors (Lipinski definition) is 7. The van der Waals surface area contributed by atoms with Crippen LogP contribution < -0.4 is 9.46 Å². The zero-order valence-corrected chi connectivity index (χ0v) is 21.9. The van der Waals surface area contributed by atoms with E-state index in [4.69, 9.17) is 14.5 Å². The average Bonchev–Trinajstić information content (AvgIpc) is 3.36. The summed E-state index contributed by atoms with van der Waals surface area (Å²) in [5.41, 5.74) is 5.37. The SMILES string of the molecule is Cc1cc(-c2c(C3CCOCC3)nc(Oc3ccc(NS(C)(=O)=O)cc3)c3cc4[nH]ncc4cc23)ccn1. The molecule has 1 saturated heterocycles. The molecule has 0 spiro atoms. The normalized spacial score (nSPS) is 14.7. The molecule has 1 aliphatic rings. The van der Waals surface area contributed by atoms with Gasteiger partial charge in [-0.25, -0.2) is 13.4 Å². The van der Waals surface area contributed by atoms with E-state index in [0.29, 0.717) is 30.5 Å². The lowest BCUT2D eigenvalue weighted by atomic mass is 9.87. The van der Waals surface area contributed by atoms with Gasteiger partial charge in [0, 0.05) is 53.0 Å². The molecule has 6 rings (SSSR count). The quantitative estimate of drug-likeness (QED) is 0.296. The highest BCUT2D eigenvalue weighted by molar-refractivity contribution is 7.92. The zero-order chi connectivity index (χ0) is 26.3. The van der Waals surface area contributed by atoms with Crippen molar-refractivity contribution in [1.82, 2.24) is 20.2 Å². The third-order valence-corrected chi connectivity index (χ3v) is 7.33. The predicted octanol–water partition coefficient (Wildman–Crippen LogP) is 5.54. The lowest BCUT2D eigenvalue weighted by Crippen LogP contribution is -2.16. The van der Waals surface area contributed by atoms with Crippen molar-refractivity contribution in [2.45, 2.75) is 25.7 Å². The molecule has 38 heavy (non-hydrogen) atoms. The summed E-state index contributed by atoms with van der Waals surface area (Å²) in [6.07, 6.45) is 6.51. The number of ether oxygens (including phenoxy) is 2. The molecule has 0 amide bonds. The van der Waals surface area contributed by atoms with Gasteiger partial charge in [0.25, 0.3) is 0 Å². The minimum absolute atomic E-state index is 0.209. The first kappa shape index (κ1) is 24.3. The molecule has 2 N–H and O–H groups in total. The minimum Gasteiger partial charge on any atom is -0.438 e. The molecular formula is C28H27N5O4S. The number of pyridine rings is 2. The number of benzene rings is 2. The number of aryl methyl sites for hydroxylation is 1. The molecule has 5 aromatic rings. The highest BCUT2D eigenvalue weighted by Crippen LogP contribution is 2.43. The van der Waals surface area contributed by atoms with Gasteiger partial charge in [0.2, 0.25) is 15.9 Å². The first-order chi connectivity index (χ1) is 18.3. The fourth-order valence-electron chi connectivity index (χ4n) is 5.00. The van der Waals surface area contributed by atoms with Crippen molar-refractivity contribution < 1.29 is 17.9 Å². The van der Waals surface area contributed by atoms with Gasteiger partial charge in [0.15, 0.2) is 0 Å². The predicted molar refractivity (Wildman–Crippen MR) is 147 cm³/mol. The number of fused-ring (bicyclic) bond motifs is 2. The number of anilines is 1. The van der Waals surface area contributed by atoms with E-state index in [2.05, 4.69) is 32.0 Å². The summed E-state index contributed by atoms with van der Waals surface area (Å²) in [6, 6.07) is 15.1. The molecule has 0 atom stereocenters. The number of rotatable bonds is 6. The summed E-state index contributed by atoms with van der Waals surface area (Å²) in [7, 11) is -3.37. The van der Waals surface area contributed by atoms with Gasteiger partial charge in [-0.05, 0) is 79.2 Å². The van der Waals surface area contributed by atoms with E-state index in [1.54, 1.807) is 24.3 Å². The van der Waals surface area contributed by atoms with Crippen LogP contribution >= 0.6 is 0 Å². The van der Waals surface area contributed by atoms with Gasteiger partial charge in [-0.1, -0.05) is 0 Å². The first-order valence-corrected chi connectivity index (χ1v) is 14.3. The summed E-state index contributed by atoms with van der Waals surface area (Å²) in [5.74, 6) is 1.24. The Kier molecular flexibility index (Phi) is 6.21. The number of sulfonamides is 1. The maximum absolute atomic E-state index is 11.6. The molecule has 0 bridgehead atoms. The van der Waals surface area contributed by atoms with Crippen LogP contribution in [0.1, 0.15) is 30.1 Å². The lowest BCUT2D eigenvalue weighted by Gasteiger charge is -2.26. The van der Waals surface area contributed by atoms with Crippen LogP contribution in [0.25, 0.3) is 32.8 Å². The Labute approximate surface area is 220 Å². The molecule has 10 heteroatoms. The lowest BCUT2D eigenvalue weighted by molar-refractivity contribution is 0.0845. The fraction of sp³-hybridized carbons (Fsp3) is 0.250. The standard InChI is InChI=1S/C28H27N5O4S/c1-17-13-19(7-10-29-17)26-23-14-20-16-30-32-25(20)15-24(23)28(31-27(26)18-8-11-36-12-9-18)37-22-5-3-21(4-6-22)33-38(2,34)35/h3-7,10,13-16,18,33H,8-9,11-12H2,1-2H3,(H,30,32). The van der Waals surface area contributed by atoms with Gasteiger partial charge in [-0.15, -0.1) is 0 Å². The van der Waals surface area contributed by atoms with Crippen molar-refractivity contribution in [2.75, 3.05) is 24.2 Å². The average molecular weight is 530 g/mol. The van der Waals surface area contributed by atoms with E-state index in [0.717, 1.165) is 63.3 Å². The maximum atomic E-state index is 11.6. The van der Waals surface area contributed by atoms with Gasteiger partial charge in [-0.3, -0.25) is 14.8 Å². The van der Waals surface area contributed by atoms with Crippen molar-refractivity contribution in [3.05, 3.63) is 72.3 Å². The Balaban J connectivity index is 1.55. The molecule has 0 aliphatic carbocycles. The van der Waals surface area contributed by atoms with Gasteiger partial charge >= 0.3 is 0 Å². The second-order valence-corrected chi connectivity index (χ2v) is 11.4. The minimum atomic E-state index is -3.37. The number of aromatic amines is 1. The summed E-state index contributed by atoms with van der Waals surface area (Å²) >= 11 is 0. The van der Waals surface area contributed by atoms with E-state index in [-0.39, 0.29) is 5.92 Å². The van der Waals surface area contributed by atoms with Gasteiger partial charge in [0.05, 0.1) is 23.7 Å². The van der Waals surface area contributed by atoms with Crippen LogP contribution in [0.15, 0.2) is 60.9 Å². The summed E-state index contributed by atoms with van der Waals surface area (Å²) in [4.78, 5) is 9.56. The van der Waals surface area contributed by atoms with Crippen molar-refractivity contribution >= 4 is 37.4 Å². The Morgan fingerprint density at radius 3 is 2.58 bits per heavy atom. The van der Waals surface area contributed by atoms with E-state index >= 15 is 0 Å². The second-order valence-electron chi connectivity index (χ2n) is 9.61. The van der Waals surface area contributed by atoms with Crippen molar-refractivity contribution in [3.8, 4) is 22.8 Å².